The molecule has 13 heavy (non-hydrogen) atoms. The van der Waals surface area contributed by atoms with Gasteiger partial charge < -0.3 is 15.7 Å². The Kier molecular flexibility index (Phi) is 4.55. The molecule has 1 fully saturated rings. The van der Waals surface area contributed by atoms with Gasteiger partial charge in [0.1, 0.15) is 6.10 Å². The van der Waals surface area contributed by atoms with Crippen LogP contribution in [0.25, 0.3) is 0 Å². The maximum Gasteiger partial charge on any atom is 0.265 e. The fraction of sp³-hybridized carbons (Fsp3) is 1.00. The summed E-state index contributed by atoms with van der Waals surface area (Å²) in [4.78, 5) is 0. The second-order valence-electron chi connectivity index (χ2n) is 3.35. The van der Waals surface area contributed by atoms with Gasteiger partial charge >= 0.3 is 0 Å². The van der Waals surface area contributed by atoms with E-state index in [0.29, 0.717) is 12.6 Å². The van der Waals surface area contributed by atoms with Crippen molar-refractivity contribution in [2.45, 2.75) is 31.4 Å². The summed E-state index contributed by atoms with van der Waals surface area (Å²) in [7, 11) is 0. The first kappa shape index (κ1) is 10.8. The first-order chi connectivity index (χ1) is 6.20. The lowest BCUT2D eigenvalue weighted by atomic mass is 10.2. The van der Waals surface area contributed by atoms with Gasteiger partial charge in [-0.25, -0.2) is 8.78 Å². The van der Waals surface area contributed by atoms with E-state index in [4.69, 9.17) is 5.11 Å². The Morgan fingerprint density at radius 3 is 2.85 bits per heavy atom. The number of aliphatic hydroxyl groups excluding tert-OH is 1. The zero-order chi connectivity index (χ0) is 9.68. The molecule has 1 heterocycles. The number of hydrogen-bond donors (Lipinski definition) is 3. The van der Waals surface area contributed by atoms with Crippen molar-refractivity contribution in [1.82, 2.24) is 10.6 Å². The zero-order valence-corrected chi connectivity index (χ0v) is 7.47. The molecular formula is C8H16F2N2O. The maximum atomic E-state index is 11.8. The number of aliphatic hydroxyl groups is 1. The molecule has 1 aliphatic rings. The van der Waals surface area contributed by atoms with Crippen molar-refractivity contribution in [3.05, 3.63) is 0 Å². The highest BCUT2D eigenvalue weighted by Gasteiger charge is 2.18. The molecule has 3 nitrogen and oxygen atoms in total. The van der Waals surface area contributed by atoms with Crippen LogP contribution in [0.4, 0.5) is 8.78 Å². The molecule has 78 valence electrons. The van der Waals surface area contributed by atoms with Gasteiger partial charge in [-0.2, -0.15) is 0 Å². The fourth-order valence-corrected chi connectivity index (χ4v) is 1.43. The molecule has 5 heteroatoms. The van der Waals surface area contributed by atoms with E-state index in [9.17, 15) is 8.78 Å². The summed E-state index contributed by atoms with van der Waals surface area (Å²) in [5, 5.41) is 14.8. The Balaban J connectivity index is 1.99. The second kappa shape index (κ2) is 5.47. The lowest BCUT2D eigenvalue weighted by Gasteiger charge is -2.14. The van der Waals surface area contributed by atoms with Crippen molar-refractivity contribution in [3.8, 4) is 0 Å². The van der Waals surface area contributed by atoms with E-state index >= 15 is 0 Å². The Labute approximate surface area is 76.5 Å². The van der Waals surface area contributed by atoms with Crippen LogP contribution in [0.1, 0.15) is 12.8 Å². The number of nitrogens with one attached hydrogen (secondary N) is 2. The predicted molar refractivity (Wildman–Crippen MR) is 45.9 cm³/mol. The number of rotatable bonds is 5. The van der Waals surface area contributed by atoms with E-state index in [1.807, 2.05) is 0 Å². The van der Waals surface area contributed by atoms with Crippen LogP contribution in [0.5, 0.6) is 0 Å². The third kappa shape index (κ3) is 3.97. The van der Waals surface area contributed by atoms with Crippen molar-refractivity contribution in [3.63, 3.8) is 0 Å². The monoisotopic (exact) mass is 194 g/mol. The van der Waals surface area contributed by atoms with Crippen LogP contribution in [0, 0.1) is 0 Å². The molecule has 0 aromatic heterocycles. The van der Waals surface area contributed by atoms with Crippen molar-refractivity contribution >= 4 is 0 Å². The number of halogens is 2. The van der Waals surface area contributed by atoms with Crippen LogP contribution in [-0.4, -0.2) is 43.3 Å². The first-order valence-electron chi connectivity index (χ1n) is 4.60. The van der Waals surface area contributed by atoms with E-state index in [0.717, 1.165) is 19.4 Å². The van der Waals surface area contributed by atoms with Crippen molar-refractivity contribution in [2.24, 2.45) is 0 Å². The molecule has 1 aliphatic heterocycles. The Morgan fingerprint density at radius 1 is 1.54 bits per heavy atom. The van der Waals surface area contributed by atoms with Gasteiger partial charge in [0.25, 0.3) is 6.43 Å². The summed E-state index contributed by atoms with van der Waals surface area (Å²) in [5.74, 6) is 0. The predicted octanol–water partition coefficient (Wildman–Crippen LogP) is -0.0460. The summed E-state index contributed by atoms with van der Waals surface area (Å²) >= 11 is 0. The zero-order valence-electron chi connectivity index (χ0n) is 7.47. The molecule has 0 aromatic rings. The van der Waals surface area contributed by atoms with Crippen LogP contribution in [0.3, 0.4) is 0 Å². The highest BCUT2D eigenvalue weighted by Crippen LogP contribution is 2.03. The minimum absolute atomic E-state index is 0.0319. The largest absolute Gasteiger partial charge is 0.386 e. The third-order valence-electron chi connectivity index (χ3n) is 2.20. The van der Waals surface area contributed by atoms with Gasteiger partial charge in [0.05, 0.1) is 0 Å². The smallest absolute Gasteiger partial charge is 0.265 e. The van der Waals surface area contributed by atoms with Crippen LogP contribution in [0.15, 0.2) is 0 Å². The highest BCUT2D eigenvalue weighted by molar-refractivity contribution is 4.76. The molecule has 1 saturated heterocycles. The Hall–Kier alpha value is -0.260. The molecule has 0 spiro atoms. The summed E-state index contributed by atoms with van der Waals surface area (Å²) in [5.41, 5.74) is 0. The molecule has 0 bridgehead atoms. The highest BCUT2D eigenvalue weighted by atomic mass is 19.3. The summed E-state index contributed by atoms with van der Waals surface area (Å²) < 4.78 is 23.6. The molecule has 2 unspecified atom stereocenters. The lowest BCUT2D eigenvalue weighted by Crippen LogP contribution is -2.39. The molecule has 0 saturated carbocycles. The number of hydrogen-bond acceptors (Lipinski definition) is 3. The van der Waals surface area contributed by atoms with Crippen molar-refractivity contribution in [1.29, 1.82) is 0 Å². The van der Waals surface area contributed by atoms with Gasteiger partial charge in [0.15, 0.2) is 0 Å². The lowest BCUT2D eigenvalue weighted by molar-refractivity contribution is -0.00335. The van der Waals surface area contributed by atoms with Crippen LogP contribution in [-0.2, 0) is 0 Å². The second-order valence-corrected chi connectivity index (χ2v) is 3.35. The molecular weight excluding hydrogens is 178 g/mol. The third-order valence-corrected chi connectivity index (χ3v) is 2.20. The topological polar surface area (TPSA) is 44.3 Å². The first-order valence-corrected chi connectivity index (χ1v) is 4.60. The number of alkyl halides is 2. The van der Waals surface area contributed by atoms with Gasteiger partial charge in [-0.1, -0.05) is 0 Å². The van der Waals surface area contributed by atoms with E-state index in [1.165, 1.54) is 0 Å². The fourth-order valence-electron chi connectivity index (χ4n) is 1.43. The summed E-state index contributed by atoms with van der Waals surface area (Å²) in [6.45, 7) is 1.63. The molecule has 0 aliphatic carbocycles. The maximum absolute atomic E-state index is 11.8. The van der Waals surface area contributed by atoms with Crippen LogP contribution < -0.4 is 10.6 Å². The normalized spacial score (nSPS) is 25.4. The van der Waals surface area contributed by atoms with E-state index < -0.39 is 12.5 Å². The molecule has 1 rings (SSSR count). The average molecular weight is 194 g/mol. The van der Waals surface area contributed by atoms with Gasteiger partial charge in [-0.3, -0.25) is 0 Å². The van der Waals surface area contributed by atoms with Gasteiger partial charge in [-0.05, 0) is 19.4 Å². The van der Waals surface area contributed by atoms with Crippen molar-refractivity contribution in [2.75, 3.05) is 19.6 Å². The van der Waals surface area contributed by atoms with Gasteiger partial charge in [0.2, 0.25) is 0 Å². The van der Waals surface area contributed by atoms with Crippen molar-refractivity contribution < 1.29 is 13.9 Å². The van der Waals surface area contributed by atoms with E-state index in [-0.39, 0.29) is 6.54 Å². The molecule has 2 atom stereocenters. The molecule has 0 aromatic carbocycles. The molecule has 3 N–H and O–H groups in total. The Bertz CT molecular complexity index is 138. The summed E-state index contributed by atoms with van der Waals surface area (Å²) in [6, 6.07) is 0.380. The SMILES string of the molecule is OC(CNCC1CCCN1)C(F)F. The quantitative estimate of drug-likeness (QED) is 0.575. The van der Waals surface area contributed by atoms with E-state index in [1.54, 1.807) is 0 Å². The van der Waals surface area contributed by atoms with Gasteiger partial charge in [-0.15, -0.1) is 0 Å². The molecule has 0 radical (unpaired) electrons. The standard InChI is InChI=1S/C8H16F2N2O/c9-8(10)7(13)5-11-4-6-2-1-3-12-6/h6-8,11-13H,1-5H2. The van der Waals surface area contributed by atoms with Crippen LogP contribution >= 0.6 is 0 Å². The Morgan fingerprint density at radius 2 is 2.31 bits per heavy atom. The average Bonchev–Trinajstić information content (AvgIpc) is 2.56. The summed E-state index contributed by atoms with van der Waals surface area (Å²) in [6.07, 6.45) is -1.97. The van der Waals surface area contributed by atoms with Gasteiger partial charge in [0, 0.05) is 19.1 Å². The molecule has 0 amide bonds. The van der Waals surface area contributed by atoms with Crippen LogP contribution in [0.2, 0.25) is 0 Å². The van der Waals surface area contributed by atoms with E-state index in [2.05, 4.69) is 10.6 Å². The minimum atomic E-state index is -2.65. The minimum Gasteiger partial charge on any atom is -0.386 e.